The number of carbonyl (C=O) groups is 8. The highest BCUT2D eigenvalue weighted by atomic mass is 16.9. The molecule has 21 nitrogen and oxygen atoms in total. The predicted molar refractivity (Wildman–Crippen MR) is 189 cm³/mol. The van der Waals surface area contributed by atoms with Crippen LogP contribution in [0, 0.1) is 11.8 Å². The Hall–Kier alpha value is -5.50. The fraction of sp³-hybridized carbons (Fsp3) is 0.706. The molecule has 0 radical (unpaired) electrons. The maximum Gasteiger partial charge on any atom is 0.412 e. The van der Waals surface area contributed by atoms with Crippen molar-refractivity contribution in [2.75, 3.05) is 62.3 Å². The van der Waals surface area contributed by atoms with E-state index in [0.717, 1.165) is 21.3 Å². The van der Waals surface area contributed by atoms with E-state index in [4.69, 9.17) is 23.7 Å². The van der Waals surface area contributed by atoms with Crippen molar-refractivity contribution in [1.82, 2.24) is 21.3 Å². The largest absolute Gasteiger partial charge is 0.469 e. The molecule has 314 valence electrons. The Morgan fingerprint density at radius 2 is 0.909 bits per heavy atom. The van der Waals surface area contributed by atoms with E-state index >= 15 is 0 Å². The molecule has 0 spiro atoms. The zero-order valence-electron chi connectivity index (χ0n) is 32.4. The van der Waals surface area contributed by atoms with Gasteiger partial charge < -0.3 is 63.9 Å². The number of allylic oxidation sites excluding steroid dienone is 1. The summed E-state index contributed by atoms with van der Waals surface area (Å²) < 4.78 is 44.0. The second-order valence-corrected chi connectivity index (χ2v) is 11.7. The summed E-state index contributed by atoms with van der Waals surface area (Å²) >= 11 is 0. The maximum absolute atomic E-state index is 13.0. The number of rotatable bonds is 27. The molecular weight excluding hydrogens is 736 g/mol. The molecule has 0 aliphatic carbocycles. The van der Waals surface area contributed by atoms with Gasteiger partial charge in [0.1, 0.15) is 6.04 Å². The Balaban J connectivity index is 5.59. The first-order valence-electron chi connectivity index (χ1n) is 17.4. The number of alkyl carbamates (subject to hydrolysis) is 4. The summed E-state index contributed by atoms with van der Waals surface area (Å²) in [6.45, 7) is 2.36. The van der Waals surface area contributed by atoms with E-state index in [1.807, 2.05) is 0 Å². The minimum absolute atomic E-state index is 0.0249. The van der Waals surface area contributed by atoms with Gasteiger partial charge in [0.05, 0.1) is 66.7 Å². The van der Waals surface area contributed by atoms with E-state index in [1.54, 1.807) is 0 Å². The number of carbonyl (C=O) groups excluding carboxylic acids is 8. The standard InChI is InChI=1S/C34H56N4O17/c1-22(20-23(27(40)47-2)14-8-11-17-35-30(43)50-5)53-34(54-26(39)21-24(28(41)48-3)15-9-12-18-36-31(44)51-6)55-32(45)37-19-13-10-16-25(29(42)49-4)38-33(46)52-7/h23-25,34H,1,8-21H2,2-7H3,(H,35,43)(H,36,44)(H,37,45)(H,38,46). The summed E-state index contributed by atoms with van der Waals surface area (Å²) in [6, 6.07) is -0.983. The van der Waals surface area contributed by atoms with Gasteiger partial charge >= 0.3 is 54.7 Å². The second kappa shape index (κ2) is 29.9. The van der Waals surface area contributed by atoms with Crippen LogP contribution in [-0.2, 0) is 61.8 Å². The van der Waals surface area contributed by atoms with Crippen molar-refractivity contribution >= 4 is 48.3 Å². The predicted octanol–water partition coefficient (Wildman–Crippen LogP) is 2.55. The van der Waals surface area contributed by atoms with E-state index < -0.39 is 79.0 Å². The number of amides is 4. The molecule has 21 heteroatoms. The Morgan fingerprint density at radius 1 is 0.473 bits per heavy atom. The van der Waals surface area contributed by atoms with Gasteiger partial charge in [-0.25, -0.2) is 24.0 Å². The first-order chi connectivity index (χ1) is 26.2. The third-order valence-corrected chi connectivity index (χ3v) is 7.67. The summed E-state index contributed by atoms with van der Waals surface area (Å²) in [6.07, 6.45) is -0.545. The van der Waals surface area contributed by atoms with Crippen LogP contribution in [-0.4, -0.2) is 123 Å². The van der Waals surface area contributed by atoms with Crippen LogP contribution in [0.25, 0.3) is 0 Å². The molecule has 0 rings (SSSR count). The Morgan fingerprint density at radius 3 is 1.36 bits per heavy atom. The number of nitrogens with one attached hydrogen (secondary N) is 4. The lowest BCUT2D eigenvalue weighted by Gasteiger charge is -2.23. The topological polar surface area (TPSA) is 268 Å². The summed E-state index contributed by atoms with van der Waals surface area (Å²) in [5.41, 5.74) is 0. The summed E-state index contributed by atoms with van der Waals surface area (Å²) in [5, 5.41) is 9.85. The molecule has 4 N–H and O–H groups in total. The van der Waals surface area contributed by atoms with Gasteiger partial charge in [-0.15, -0.1) is 0 Å². The van der Waals surface area contributed by atoms with Crippen LogP contribution in [0.1, 0.15) is 70.6 Å². The molecular formula is C34H56N4O17. The Kier molecular flexibility index (Phi) is 26.9. The third-order valence-electron chi connectivity index (χ3n) is 7.67. The van der Waals surface area contributed by atoms with Gasteiger partial charge in [0.15, 0.2) is 0 Å². The van der Waals surface area contributed by atoms with Crippen LogP contribution in [0.5, 0.6) is 0 Å². The van der Waals surface area contributed by atoms with Crippen molar-refractivity contribution in [2.45, 2.75) is 83.1 Å². The van der Waals surface area contributed by atoms with Gasteiger partial charge in [-0.05, 0) is 44.9 Å². The molecule has 0 fully saturated rings. The van der Waals surface area contributed by atoms with E-state index in [9.17, 15) is 38.4 Å². The number of ether oxygens (including phenoxy) is 9. The fourth-order valence-electron chi connectivity index (χ4n) is 4.77. The SMILES string of the molecule is C=C(CC(CCCCNC(=O)OC)C(=O)OC)OC(OC(=O)CC(CCCCNC(=O)OC)C(=O)OC)OC(=O)NCCCCC(NC(=O)OC)C(=O)OC. The highest BCUT2D eigenvalue weighted by Gasteiger charge is 2.29. The van der Waals surface area contributed by atoms with Crippen LogP contribution >= 0.6 is 0 Å². The fourth-order valence-corrected chi connectivity index (χ4v) is 4.77. The van der Waals surface area contributed by atoms with Crippen LogP contribution in [0.15, 0.2) is 12.3 Å². The number of hydrogen-bond acceptors (Lipinski definition) is 17. The minimum atomic E-state index is -2.00. The summed E-state index contributed by atoms with van der Waals surface area (Å²) in [7, 11) is 7.12. The van der Waals surface area contributed by atoms with Crippen LogP contribution in [0.2, 0.25) is 0 Å². The lowest BCUT2D eigenvalue weighted by atomic mass is 9.97. The smallest absolute Gasteiger partial charge is 0.412 e. The molecule has 4 atom stereocenters. The van der Waals surface area contributed by atoms with E-state index in [2.05, 4.69) is 46.8 Å². The zero-order valence-corrected chi connectivity index (χ0v) is 32.4. The second-order valence-electron chi connectivity index (χ2n) is 11.7. The molecule has 55 heavy (non-hydrogen) atoms. The molecule has 0 aromatic carbocycles. The third kappa shape index (κ3) is 23.7. The van der Waals surface area contributed by atoms with Crippen molar-refractivity contribution in [3.05, 3.63) is 12.3 Å². The average molecular weight is 793 g/mol. The summed E-state index contributed by atoms with van der Waals surface area (Å²) in [5.74, 6) is -4.79. The van der Waals surface area contributed by atoms with E-state index in [1.165, 1.54) is 21.3 Å². The van der Waals surface area contributed by atoms with Crippen molar-refractivity contribution in [3.8, 4) is 0 Å². The van der Waals surface area contributed by atoms with Crippen LogP contribution in [0.3, 0.4) is 0 Å². The molecule has 0 heterocycles. The first-order valence-corrected chi connectivity index (χ1v) is 17.4. The highest BCUT2D eigenvalue weighted by molar-refractivity contribution is 5.81. The van der Waals surface area contributed by atoms with Gasteiger partial charge in [-0.3, -0.25) is 14.4 Å². The zero-order chi connectivity index (χ0) is 41.6. The Labute approximate surface area is 320 Å². The van der Waals surface area contributed by atoms with Crippen molar-refractivity contribution in [2.24, 2.45) is 11.8 Å². The van der Waals surface area contributed by atoms with Crippen molar-refractivity contribution in [1.29, 1.82) is 0 Å². The minimum Gasteiger partial charge on any atom is -0.469 e. The van der Waals surface area contributed by atoms with Gasteiger partial charge in [-0.2, -0.15) is 0 Å². The first kappa shape index (κ1) is 49.5. The molecule has 0 bridgehead atoms. The molecule has 0 saturated carbocycles. The molecule has 0 aliphatic rings. The van der Waals surface area contributed by atoms with Crippen molar-refractivity contribution < 1.29 is 81.0 Å². The molecule has 0 aromatic heterocycles. The lowest BCUT2D eigenvalue weighted by molar-refractivity contribution is -0.238. The van der Waals surface area contributed by atoms with E-state index in [-0.39, 0.29) is 38.1 Å². The van der Waals surface area contributed by atoms with Crippen LogP contribution in [0.4, 0.5) is 19.2 Å². The lowest BCUT2D eigenvalue weighted by Crippen LogP contribution is -2.41. The maximum atomic E-state index is 13.0. The Bertz CT molecular complexity index is 1190. The molecule has 0 aliphatic heterocycles. The quantitative estimate of drug-likeness (QED) is 0.0306. The number of unbranched alkanes of at least 4 members (excludes halogenated alkanes) is 3. The molecule has 4 amide bonds. The van der Waals surface area contributed by atoms with Gasteiger partial charge in [0.2, 0.25) is 0 Å². The van der Waals surface area contributed by atoms with Gasteiger partial charge in [-0.1, -0.05) is 19.4 Å². The number of methoxy groups -OCH3 is 6. The normalized spacial score (nSPS) is 12.5. The molecule has 0 aromatic rings. The van der Waals surface area contributed by atoms with Crippen LogP contribution < -0.4 is 21.3 Å². The van der Waals surface area contributed by atoms with Gasteiger partial charge in [0.25, 0.3) is 0 Å². The summed E-state index contributed by atoms with van der Waals surface area (Å²) in [4.78, 5) is 96.8. The molecule has 4 unspecified atom stereocenters. The monoisotopic (exact) mass is 792 g/mol. The molecule has 0 saturated heterocycles. The highest BCUT2D eigenvalue weighted by Crippen LogP contribution is 2.22. The van der Waals surface area contributed by atoms with Crippen molar-refractivity contribution in [3.63, 3.8) is 0 Å². The number of hydrogen-bond donors (Lipinski definition) is 4. The average Bonchev–Trinajstić information content (AvgIpc) is 3.17. The van der Waals surface area contributed by atoms with E-state index in [0.29, 0.717) is 51.5 Å². The van der Waals surface area contributed by atoms with Gasteiger partial charge in [0, 0.05) is 26.1 Å². The number of esters is 4.